The van der Waals surface area contributed by atoms with Gasteiger partial charge in [-0.1, -0.05) is 0 Å². The summed E-state index contributed by atoms with van der Waals surface area (Å²) >= 11 is 0.951. The van der Waals surface area contributed by atoms with E-state index in [1.807, 2.05) is 0 Å². The summed E-state index contributed by atoms with van der Waals surface area (Å²) in [6, 6.07) is 1.29. The number of nitro groups is 1. The second kappa shape index (κ2) is 5.61. The van der Waals surface area contributed by atoms with Gasteiger partial charge >= 0.3 is 5.97 Å². The summed E-state index contributed by atoms with van der Waals surface area (Å²) in [5.41, 5.74) is 0.365. The summed E-state index contributed by atoms with van der Waals surface area (Å²) in [6.45, 7) is 1.18. The molecule has 10 nitrogen and oxygen atoms in total. The number of carboxylic acid groups (broad SMARTS) is 1. The van der Waals surface area contributed by atoms with E-state index in [0.717, 1.165) is 16.4 Å². The van der Waals surface area contributed by atoms with Gasteiger partial charge in [0.25, 0.3) is 5.69 Å². The van der Waals surface area contributed by atoms with Crippen LogP contribution in [-0.2, 0) is 11.3 Å². The highest BCUT2D eigenvalue weighted by Gasteiger charge is 2.16. The lowest BCUT2D eigenvalue weighted by Gasteiger charge is -2.02. The Morgan fingerprint density at radius 1 is 1.60 bits per heavy atom. The van der Waals surface area contributed by atoms with Crippen LogP contribution in [0.2, 0.25) is 0 Å². The standard InChI is InChI=1S/C9H8N6O4S/c1-5-3-10-7(2-6(5)15(18)19)20-9-11-12-13-14(9)4-8(16)17/h2-3H,4H2,1H3,(H,16,17). The summed E-state index contributed by atoms with van der Waals surface area (Å²) in [7, 11) is 0. The van der Waals surface area contributed by atoms with Crippen molar-refractivity contribution in [2.24, 2.45) is 0 Å². The van der Waals surface area contributed by atoms with Crippen molar-refractivity contribution in [3.05, 3.63) is 27.9 Å². The van der Waals surface area contributed by atoms with Crippen LogP contribution >= 0.6 is 11.8 Å². The number of aryl methyl sites for hydroxylation is 1. The van der Waals surface area contributed by atoms with Crippen molar-refractivity contribution in [1.82, 2.24) is 25.2 Å². The summed E-state index contributed by atoms with van der Waals surface area (Å²) in [5.74, 6) is -1.10. The quantitative estimate of drug-likeness (QED) is 0.618. The highest BCUT2D eigenvalue weighted by molar-refractivity contribution is 7.99. The summed E-state index contributed by atoms with van der Waals surface area (Å²) in [6.07, 6.45) is 1.37. The minimum Gasteiger partial charge on any atom is -0.480 e. The molecule has 2 aromatic rings. The Labute approximate surface area is 116 Å². The molecule has 2 heterocycles. The fourth-order valence-electron chi connectivity index (χ4n) is 1.34. The minimum atomic E-state index is -1.10. The zero-order chi connectivity index (χ0) is 14.7. The van der Waals surface area contributed by atoms with Gasteiger partial charge in [-0.3, -0.25) is 14.9 Å². The van der Waals surface area contributed by atoms with Gasteiger partial charge in [0.1, 0.15) is 11.6 Å². The van der Waals surface area contributed by atoms with Crippen LogP contribution < -0.4 is 0 Å². The van der Waals surface area contributed by atoms with E-state index >= 15 is 0 Å². The average molecular weight is 296 g/mol. The molecule has 2 rings (SSSR count). The Morgan fingerprint density at radius 2 is 2.35 bits per heavy atom. The summed E-state index contributed by atoms with van der Waals surface area (Å²) in [4.78, 5) is 25.0. The highest BCUT2D eigenvalue weighted by Crippen LogP contribution is 2.27. The first-order valence-corrected chi connectivity index (χ1v) is 6.06. The second-order valence-electron chi connectivity index (χ2n) is 3.68. The molecule has 0 unspecified atom stereocenters. The molecule has 0 aromatic carbocycles. The largest absolute Gasteiger partial charge is 0.480 e. The van der Waals surface area contributed by atoms with Crippen molar-refractivity contribution in [1.29, 1.82) is 0 Å². The number of aromatic nitrogens is 5. The molecular weight excluding hydrogens is 288 g/mol. The second-order valence-corrected chi connectivity index (χ2v) is 4.67. The molecule has 1 N–H and O–H groups in total. The lowest BCUT2D eigenvalue weighted by Crippen LogP contribution is -2.11. The SMILES string of the molecule is Cc1cnc(Sc2nnnn2CC(=O)O)cc1[N+](=O)[O-]. The number of carboxylic acids is 1. The van der Waals surface area contributed by atoms with Gasteiger partial charge in [0, 0.05) is 17.8 Å². The van der Waals surface area contributed by atoms with E-state index in [9.17, 15) is 14.9 Å². The Bertz CT molecular complexity index is 672. The Kier molecular flexibility index (Phi) is 3.89. The molecule has 0 aliphatic rings. The molecule has 0 spiro atoms. The third-order valence-corrected chi connectivity index (χ3v) is 3.13. The third-order valence-electron chi connectivity index (χ3n) is 2.23. The fraction of sp³-hybridized carbons (Fsp3) is 0.222. The van der Waals surface area contributed by atoms with Gasteiger partial charge < -0.3 is 5.11 Å². The van der Waals surface area contributed by atoms with Crippen LogP contribution in [0.15, 0.2) is 22.4 Å². The fourth-order valence-corrected chi connectivity index (χ4v) is 2.08. The monoisotopic (exact) mass is 296 g/mol. The lowest BCUT2D eigenvalue weighted by atomic mass is 10.3. The zero-order valence-corrected chi connectivity index (χ0v) is 10.9. The molecule has 0 fully saturated rings. The predicted octanol–water partition coefficient (Wildman–Crippen LogP) is 0.521. The number of aliphatic carboxylic acids is 1. The van der Waals surface area contributed by atoms with Crippen LogP contribution in [0.4, 0.5) is 5.69 Å². The molecule has 0 amide bonds. The molecule has 0 bridgehead atoms. The van der Waals surface area contributed by atoms with Crippen molar-refractivity contribution in [2.45, 2.75) is 23.7 Å². The van der Waals surface area contributed by atoms with E-state index < -0.39 is 17.4 Å². The van der Waals surface area contributed by atoms with Crippen molar-refractivity contribution in [3.8, 4) is 0 Å². The van der Waals surface area contributed by atoms with E-state index in [2.05, 4.69) is 20.5 Å². The molecule has 11 heteroatoms. The number of nitrogens with zero attached hydrogens (tertiary/aromatic N) is 6. The van der Waals surface area contributed by atoms with Crippen molar-refractivity contribution < 1.29 is 14.8 Å². The van der Waals surface area contributed by atoms with E-state index in [-0.39, 0.29) is 10.8 Å². The summed E-state index contributed by atoms with van der Waals surface area (Å²) in [5, 5.41) is 30.6. The van der Waals surface area contributed by atoms with Crippen LogP contribution in [-0.4, -0.2) is 41.2 Å². The molecule has 104 valence electrons. The number of hydrogen-bond donors (Lipinski definition) is 1. The van der Waals surface area contributed by atoms with Crippen molar-refractivity contribution in [3.63, 3.8) is 0 Å². The predicted molar refractivity (Wildman–Crippen MR) is 65.2 cm³/mol. The van der Waals surface area contributed by atoms with E-state index in [0.29, 0.717) is 10.6 Å². The van der Waals surface area contributed by atoms with Gasteiger partial charge in [-0.15, -0.1) is 5.10 Å². The number of pyridine rings is 1. The maximum absolute atomic E-state index is 10.8. The van der Waals surface area contributed by atoms with Gasteiger partial charge in [0.2, 0.25) is 5.16 Å². The van der Waals surface area contributed by atoms with Crippen LogP contribution in [0.5, 0.6) is 0 Å². The average Bonchev–Trinajstić information content (AvgIpc) is 2.78. The molecule has 0 atom stereocenters. The molecule has 0 aliphatic carbocycles. The van der Waals surface area contributed by atoms with Crippen molar-refractivity contribution >= 4 is 23.4 Å². The maximum Gasteiger partial charge on any atom is 0.325 e. The van der Waals surface area contributed by atoms with Gasteiger partial charge in [-0.25, -0.2) is 9.67 Å². The molecule has 0 aliphatic heterocycles. The van der Waals surface area contributed by atoms with Crippen molar-refractivity contribution in [2.75, 3.05) is 0 Å². The van der Waals surface area contributed by atoms with Crippen LogP contribution in [0.25, 0.3) is 0 Å². The Morgan fingerprint density at radius 3 is 3.00 bits per heavy atom. The van der Waals surface area contributed by atoms with Gasteiger partial charge in [-0.05, 0) is 29.1 Å². The molecule has 0 radical (unpaired) electrons. The van der Waals surface area contributed by atoms with E-state index in [1.54, 1.807) is 6.92 Å². The first kappa shape index (κ1) is 13.9. The van der Waals surface area contributed by atoms with Crippen LogP contribution in [0.1, 0.15) is 5.56 Å². The summed E-state index contributed by atoms with van der Waals surface area (Å²) < 4.78 is 1.07. The highest BCUT2D eigenvalue weighted by atomic mass is 32.2. The molecule has 0 saturated carbocycles. The Balaban J connectivity index is 2.26. The molecule has 0 saturated heterocycles. The van der Waals surface area contributed by atoms with Gasteiger partial charge in [-0.2, -0.15) is 0 Å². The smallest absolute Gasteiger partial charge is 0.325 e. The first-order valence-electron chi connectivity index (χ1n) is 5.24. The van der Waals surface area contributed by atoms with E-state index in [1.165, 1.54) is 12.3 Å². The molecule has 2 aromatic heterocycles. The number of carbonyl (C=O) groups is 1. The molecular formula is C9H8N6O4S. The normalized spacial score (nSPS) is 10.4. The first-order chi connectivity index (χ1) is 9.47. The van der Waals surface area contributed by atoms with E-state index in [4.69, 9.17) is 5.11 Å². The maximum atomic E-state index is 10.8. The van der Waals surface area contributed by atoms with Gasteiger partial charge in [0.05, 0.1) is 4.92 Å². The number of hydrogen-bond acceptors (Lipinski definition) is 8. The van der Waals surface area contributed by atoms with Gasteiger partial charge in [0.15, 0.2) is 0 Å². The number of tetrazole rings is 1. The minimum absolute atomic E-state index is 0.0697. The topological polar surface area (TPSA) is 137 Å². The van der Waals surface area contributed by atoms with Crippen LogP contribution in [0, 0.1) is 17.0 Å². The lowest BCUT2D eigenvalue weighted by molar-refractivity contribution is -0.385. The zero-order valence-electron chi connectivity index (χ0n) is 10.1. The Hall–Kier alpha value is -2.56. The van der Waals surface area contributed by atoms with Crippen LogP contribution in [0.3, 0.4) is 0 Å². The number of rotatable bonds is 5. The molecule has 20 heavy (non-hydrogen) atoms. The third kappa shape index (κ3) is 3.06.